The summed E-state index contributed by atoms with van der Waals surface area (Å²) in [6, 6.07) is 3.81. The maximum atomic E-state index is 12.8. The van der Waals surface area contributed by atoms with Crippen molar-refractivity contribution in [1.29, 1.82) is 0 Å². The molecule has 0 aliphatic heterocycles. The van der Waals surface area contributed by atoms with Crippen molar-refractivity contribution in [2.45, 2.75) is 32.9 Å². The predicted octanol–water partition coefficient (Wildman–Crippen LogP) is 5.21. The average molecular weight is 280 g/mol. The molecule has 1 aromatic carbocycles. The molecule has 0 heterocycles. The quantitative estimate of drug-likeness (QED) is 0.730. The Hall–Kier alpha value is -0.900. The van der Waals surface area contributed by atoms with Gasteiger partial charge in [-0.1, -0.05) is 31.5 Å². The van der Waals surface area contributed by atoms with Crippen LogP contribution in [0.2, 0.25) is 5.02 Å². The Balaban J connectivity index is 2.75. The molecule has 0 aliphatic carbocycles. The van der Waals surface area contributed by atoms with Crippen molar-refractivity contribution in [3.63, 3.8) is 0 Å². The summed E-state index contributed by atoms with van der Waals surface area (Å²) in [4.78, 5) is 0. The van der Waals surface area contributed by atoms with E-state index in [0.717, 1.165) is 18.9 Å². The fourth-order valence-corrected chi connectivity index (χ4v) is 1.91. The second-order valence-corrected chi connectivity index (χ2v) is 5.03. The summed E-state index contributed by atoms with van der Waals surface area (Å²) < 4.78 is 38.3. The second-order valence-electron chi connectivity index (χ2n) is 4.62. The normalized spacial score (nSPS) is 11.9. The SMILES string of the molecule is CC(C)CCCNc1c(Cl)cccc1C(F)(F)F. The van der Waals surface area contributed by atoms with Crippen molar-refractivity contribution >= 4 is 17.3 Å². The Kier molecular flexibility index (Phi) is 5.32. The summed E-state index contributed by atoms with van der Waals surface area (Å²) in [5, 5.41) is 2.90. The highest BCUT2D eigenvalue weighted by atomic mass is 35.5. The minimum Gasteiger partial charge on any atom is -0.383 e. The third-order valence-corrected chi connectivity index (χ3v) is 2.89. The van der Waals surface area contributed by atoms with Gasteiger partial charge in [0.2, 0.25) is 0 Å². The van der Waals surface area contributed by atoms with Gasteiger partial charge in [0.1, 0.15) is 0 Å². The maximum Gasteiger partial charge on any atom is 0.418 e. The van der Waals surface area contributed by atoms with Crippen molar-refractivity contribution in [3.05, 3.63) is 28.8 Å². The van der Waals surface area contributed by atoms with Crippen LogP contribution in [-0.4, -0.2) is 6.54 Å². The van der Waals surface area contributed by atoms with Gasteiger partial charge in [0.05, 0.1) is 16.3 Å². The Labute approximate surface area is 110 Å². The number of alkyl halides is 3. The lowest BCUT2D eigenvalue weighted by Crippen LogP contribution is -2.12. The fourth-order valence-electron chi connectivity index (χ4n) is 1.66. The van der Waals surface area contributed by atoms with E-state index in [1.807, 2.05) is 0 Å². The predicted molar refractivity (Wildman–Crippen MR) is 69.0 cm³/mol. The molecule has 1 nitrogen and oxygen atoms in total. The van der Waals surface area contributed by atoms with Gasteiger partial charge in [-0.05, 0) is 30.9 Å². The summed E-state index contributed by atoms with van der Waals surface area (Å²) in [7, 11) is 0. The first-order valence-corrected chi connectivity index (χ1v) is 6.29. The molecule has 0 bridgehead atoms. The van der Waals surface area contributed by atoms with E-state index in [9.17, 15) is 13.2 Å². The Morgan fingerprint density at radius 1 is 1.28 bits per heavy atom. The zero-order valence-corrected chi connectivity index (χ0v) is 11.2. The van der Waals surface area contributed by atoms with E-state index in [1.165, 1.54) is 12.1 Å². The molecule has 0 saturated carbocycles. The standard InChI is InChI=1S/C13H17ClF3N/c1-9(2)5-4-8-18-12-10(13(15,16)17)6-3-7-11(12)14/h3,6-7,9,18H,4-5,8H2,1-2H3. The van der Waals surface area contributed by atoms with Crippen LogP contribution in [0, 0.1) is 5.92 Å². The smallest absolute Gasteiger partial charge is 0.383 e. The topological polar surface area (TPSA) is 12.0 Å². The van der Waals surface area contributed by atoms with Gasteiger partial charge in [-0.25, -0.2) is 0 Å². The molecule has 5 heteroatoms. The van der Waals surface area contributed by atoms with Gasteiger partial charge in [-0.15, -0.1) is 0 Å². The van der Waals surface area contributed by atoms with Crippen molar-refractivity contribution in [2.24, 2.45) is 5.92 Å². The maximum absolute atomic E-state index is 12.8. The molecule has 1 rings (SSSR count). The molecule has 1 aromatic rings. The third kappa shape index (κ3) is 4.41. The highest BCUT2D eigenvalue weighted by molar-refractivity contribution is 6.33. The van der Waals surface area contributed by atoms with Crippen LogP contribution in [0.4, 0.5) is 18.9 Å². The van der Waals surface area contributed by atoms with Gasteiger partial charge < -0.3 is 5.32 Å². The van der Waals surface area contributed by atoms with Crippen LogP contribution in [0.25, 0.3) is 0 Å². The van der Waals surface area contributed by atoms with Crippen LogP contribution >= 0.6 is 11.6 Å². The lowest BCUT2D eigenvalue weighted by Gasteiger charge is -2.16. The molecule has 0 aromatic heterocycles. The molecular formula is C13H17ClF3N. The van der Waals surface area contributed by atoms with Crippen LogP contribution in [0.1, 0.15) is 32.3 Å². The van der Waals surface area contributed by atoms with Gasteiger partial charge in [0.15, 0.2) is 0 Å². The van der Waals surface area contributed by atoms with Crippen LogP contribution in [0.5, 0.6) is 0 Å². The number of hydrogen-bond donors (Lipinski definition) is 1. The van der Waals surface area contributed by atoms with Crippen molar-refractivity contribution < 1.29 is 13.2 Å². The first kappa shape index (κ1) is 15.2. The van der Waals surface area contributed by atoms with Gasteiger partial charge in [-0.2, -0.15) is 13.2 Å². The van der Waals surface area contributed by atoms with E-state index < -0.39 is 11.7 Å². The number of benzene rings is 1. The minimum absolute atomic E-state index is 0.0181. The molecule has 0 spiro atoms. The Bertz CT molecular complexity index is 388. The molecule has 1 N–H and O–H groups in total. The summed E-state index contributed by atoms with van der Waals surface area (Å²) in [6.45, 7) is 4.65. The van der Waals surface area contributed by atoms with E-state index in [4.69, 9.17) is 11.6 Å². The highest BCUT2D eigenvalue weighted by Gasteiger charge is 2.34. The van der Waals surface area contributed by atoms with Gasteiger partial charge in [-0.3, -0.25) is 0 Å². The molecule has 0 atom stereocenters. The lowest BCUT2D eigenvalue weighted by molar-refractivity contribution is -0.136. The lowest BCUT2D eigenvalue weighted by atomic mass is 10.1. The number of hydrogen-bond acceptors (Lipinski definition) is 1. The van der Waals surface area contributed by atoms with Crippen LogP contribution in [-0.2, 0) is 6.18 Å². The van der Waals surface area contributed by atoms with E-state index in [2.05, 4.69) is 19.2 Å². The van der Waals surface area contributed by atoms with E-state index in [-0.39, 0.29) is 10.7 Å². The van der Waals surface area contributed by atoms with E-state index >= 15 is 0 Å². The van der Waals surface area contributed by atoms with Gasteiger partial charge >= 0.3 is 6.18 Å². The molecule has 102 valence electrons. The zero-order valence-electron chi connectivity index (χ0n) is 10.4. The van der Waals surface area contributed by atoms with Crippen LogP contribution in [0.15, 0.2) is 18.2 Å². The van der Waals surface area contributed by atoms with E-state index in [0.29, 0.717) is 12.5 Å². The first-order chi connectivity index (χ1) is 8.32. The van der Waals surface area contributed by atoms with E-state index in [1.54, 1.807) is 0 Å². The minimum atomic E-state index is -4.38. The Morgan fingerprint density at radius 2 is 1.94 bits per heavy atom. The van der Waals surface area contributed by atoms with Crippen molar-refractivity contribution in [3.8, 4) is 0 Å². The van der Waals surface area contributed by atoms with Gasteiger partial charge in [0, 0.05) is 6.54 Å². The summed E-state index contributed by atoms with van der Waals surface area (Å²) >= 11 is 5.81. The largest absolute Gasteiger partial charge is 0.418 e. The van der Waals surface area contributed by atoms with Crippen molar-refractivity contribution in [1.82, 2.24) is 0 Å². The summed E-state index contributed by atoms with van der Waals surface area (Å²) in [5.74, 6) is 0.542. The molecule has 0 unspecified atom stereocenters. The Morgan fingerprint density at radius 3 is 2.50 bits per heavy atom. The third-order valence-electron chi connectivity index (χ3n) is 2.58. The summed E-state index contributed by atoms with van der Waals surface area (Å²) in [5.41, 5.74) is -0.727. The molecule has 0 amide bonds. The first-order valence-electron chi connectivity index (χ1n) is 5.92. The number of para-hydroxylation sites is 1. The fraction of sp³-hybridized carbons (Fsp3) is 0.538. The number of rotatable bonds is 5. The zero-order chi connectivity index (χ0) is 13.8. The van der Waals surface area contributed by atoms with Gasteiger partial charge in [0.25, 0.3) is 0 Å². The van der Waals surface area contributed by atoms with Crippen LogP contribution < -0.4 is 5.32 Å². The molecule has 0 aliphatic rings. The second kappa shape index (κ2) is 6.32. The molecule has 0 radical (unpaired) electrons. The van der Waals surface area contributed by atoms with Crippen molar-refractivity contribution in [2.75, 3.05) is 11.9 Å². The number of anilines is 1. The molecular weight excluding hydrogens is 263 g/mol. The molecule has 18 heavy (non-hydrogen) atoms. The average Bonchev–Trinajstić information content (AvgIpc) is 2.24. The van der Waals surface area contributed by atoms with Crippen LogP contribution in [0.3, 0.4) is 0 Å². The molecule has 0 fully saturated rings. The number of nitrogens with one attached hydrogen (secondary N) is 1. The number of halogens is 4. The highest BCUT2D eigenvalue weighted by Crippen LogP contribution is 2.38. The summed E-state index contributed by atoms with van der Waals surface area (Å²) in [6.07, 6.45) is -2.59. The molecule has 0 saturated heterocycles. The monoisotopic (exact) mass is 279 g/mol.